The third-order valence-electron chi connectivity index (χ3n) is 2.77. The number of fused-ring (bicyclic) bond motifs is 1. The van der Waals surface area contributed by atoms with Gasteiger partial charge in [-0.25, -0.2) is 4.98 Å². The summed E-state index contributed by atoms with van der Waals surface area (Å²) in [4.78, 5) is 19.7. The van der Waals surface area contributed by atoms with Gasteiger partial charge in [-0.1, -0.05) is 30.3 Å². The van der Waals surface area contributed by atoms with Gasteiger partial charge < -0.3 is 5.32 Å². The Morgan fingerprint density at radius 2 is 1.95 bits per heavy atom. The van der Waals surface area contributed by atoms with Gasteiger partial charge in [0.2, 0.25) is 5.91 Å². The summed E-state index contributed by atoms with van der Waals surface area (Å²) in [5, 5.41) is 2.74. The number of hydrogen-bond donors (Lipinski definition) is 1. The first-order valence-electron chi connectivity index (χ1n) is 5.90. The van der Waals surface area contributed by atoms with Crippen molar-refractivity contribution in [2.24, 2.45) is 0 Å². The summed E-state index contributed by atoms with van der Waals surface area (Å²) in [5.41, 5.74) is 2.55. The molecule has 1 amide bonds. The second kappa shape index (κ2) is 4.53. The van der Waals surface area contributed by atoms with Crippen LogP contribution in [0.3, 0.4) is 0 Å². The number of nitrogens with zero attached hydrogens (tertiary/aromatic N) is 3. The van der Waals surface area contributed by atoms with E-state index in [-0.39, 0.29) is 5.91 Å². The number of hydrogen-bond acceptors (Lipinski definition) is 3. The van der Waals surface area contributed by atoms with Gasteiger partial charge in [0, 0.05) is 18.7 Å². The van der Waals surface area contributed by atoms with Crippen molar-refractivity contribution in [3.05, 3.63) is 48.9 Å². The molecule has 0 saturated carbocycles. The van der Waals surface area contributed by atoms with Crippen LogP contribution in [0, 0.1) is 0 Å². The number of imidazole rings is 1. The molecule has 2 heterocycles. The number of rotatable bonds is 2. The maximum atomic E-state index is 11.1. The van der Waals surface area contributed by atoms with Gasteiger partial charge >= 0.3 is 0 Å². The van der Waals surface area contributed by atoms with Crippen LogP contribution in [-0.4, -0.2) is 20.3 Å². The van der Waals surface area contributed by atoms with E-state index in [2.05, 4.69) is 15.3 Å². The molecule has 94 valence electrons. The lowest BCUT2D eigenvalue weighted by molar-refractivity contribution is -0.114. The molecule has 0 radical (unpaired) electrons. The molecule has 0 fully saturated rings. The summed E-state index contributed by atoms with van der Waals surface area (Å²) in [6, 6.07) is 9.86. The lowest BCUT2D eigenvalue weighted by atomic mass is 10.2. The van der Waals surface area contributed by atoms with Crippen LogP contribution in [0.1, 0.15) is 6.92 Å². The molecule has 0 aliphatic heterocycles. The molecule has 3 rings (SSSR count). The number of aromatic nitrogens is 3. The van der Waals surface area contributed by atoms with E-state index in [1.807, 2.05) is 40.9 Å². The van der Waals surface area contributed by atoms with Crippen molar-refractivity contribution in [3.63, 3.8) is 0 Å². The number of amides is 1. The van der Waals surface area contributed by atoms with Gasteiger partial charge in [0.1, 0.15) is 5.82 Å². The average Bonchev–Trinajstić information content (AvgIpc) is 2.82. The largest absolute Gasteiger partial charge is 0.311 e. The van der Waals surface area contributed by atoms with E-state index in [1.165, 1.54) is 6.92 Å². The first kappa shape index (κ1) is 11.4. The van der Waals surface area contributed by atoms with Crippen LogP contribution < -0.4 is 5.32 Å². The molecular formula is C14H12N4O. The second-order valence-electron chi connectivity index (χ2n) is 4.19. The van der Waals surface area contributed by atoms with E-state index in [1.54, 1.807) is 12.4 Å². The number of anilines is 1. The Balaban J connectivity index is 2.11. The van der Waals surface area contributed by atoms with Crippen molar-refractivity contribution in [1.29, 1.82) is 0 Å². The Kier molecular flexibility index (Phi) is 2.72. The van der Waals surface area contributed by atoms with Crippen molar-refractivity contribution in [1.82, 2.24) is 14.4 Å². The standard InChI is InChI=1S/C14H12N4O/c1-10(19)17-14-8-16-13-7-15-12(9-18(13)14)11-5-3-2-4-6-11/h2-9H,1H3,(H,17,19). The third kappa shape index (κ3) is 2.18. The topological polar surface area (TPSA) is 59.3 Å². The monoisotopic (exact) mass is 252 g/mol. The normalized spacial score (nSPS) is 10.6. The molecule has 2 aromatic heterocycles. The molecule has 3 aromatic rings. The van der Waals surface area contributed by atoms with Gasteiger partial charge in [-0.3, -0.25) is 14.2 Å². The summed E-state index contributed by atoms with van der Waals surface area (Å²) >= 11 is 0. The summed E-state index contributed by atoms with van der Waals surface area (Å²) in [6.45, 7) is 1.47. The molecule has 1 N–H and O–H groups in total. The van der Waals surface area contributed by atoms with Gasteiger partial charge in [0.25, 0.3) is 0 Å². The molecule has 5 nitrogen and oxygen atoms in total. The number of carbonyl (C=O) groups excluding carboxylic acids is 1. The molecule has 1 aromatic carbocycles. The molecule has 5 heteroatoms. The lowest BCUT2D eigenvalue weighted by Crippen LogP contribution is -2.08. The van der Waals surface area contributed by atoms with Crippen LogP contribution in [0.5, 0.6) is 0 Å². The van der Waals surface area contributed by atoms with E-state index in [0.717, 1.165) is 11.3 Å². The molecule has 0 atom stereocenters. The minimum absolute atomic E-state index is 0.125. The Labute approximate surface area is 109 Å². The predicted octanol–water partition coefficient (Wildman–Crippen LogP) is 2.35. The summed E-state index contributed by atoms with van der Waals surface area (Å²) in [7, 11) is 0. The second-order valence-corrected chi connectivity index (χ2v) is 4.19. The van der Waals surface area contributed by atoms with Crippen molar-refractivity contribution in [2.75, 3.05) is 5.32 Å². The van der Waals surface area contributed by atoms with Gasteiger partial charge in [0.05, 0.1) is 18.1 Å². The zero-order chi connectivity index (χ0) is 13.2. The average molecular weight is 252 g/mol. The number of nitrogens with one attached hydrogen (secondary N) is 1. The molecule has 0 aliphatic rings. The molecular weight excluding hydrogens is 240 g/mol. The number of benzene rings is 1. The Morgan fingerprint density at radius 1 is 1.16 bits per heavy atom. The van der Waals surface area contributed by atoms with Gasteiger partial charge in [0.15, 0.2) is 5.65 Å². The minimum Gasteiger partial charge on any atom is -0.311 e. The maximum absolute atomic E-state index is 11.1. The summed E-state index contributed by atoms with van der Waals surface area (Å²) in [5.74, 6) is 0.516. The van der Waals surface area contributed by atoms with Crippen LogP contribution in [0.2, 0.25) is 0 Å². The van der Waals surface area contributed by atoms with Crippen molar-refractivity contribution in [2.45, 2.75) is 6.92 Å². The van der Waals surface area contributed by atoms with Crippen LogP contribution in [0.25, 0.3) is 16.9 Å². The van der Waals surface area contributed by atoms with Crippen molar-refractivity contribution in [3.8, 4) is 11.3 Å². The predicted molar refractivity (Wildman–Crippen MR) is 72.7 cm³/mol. The smallest absolute Gasteiger partial charge is 0.222 e. The molecule has 0 spiro atoms. The van der Waals surface area contributed by atoms with Crippen molar-refractivity contribution < 1.29 is 4.79 Å². The van der Waals surface area contributed by atoms with E-state index in [9.17, 15) is 4.79 Å². The molecule has 0 unspecified atom stereocenters. The summed E-state index contributed by atoms with van der Waals surface area (Å²) < 4.78 is 1.82. The Morgan fingerprint density at radius 3 is 2.68 bits per heavy atom. The fourth-order valence-corrected chi connectivity index (χ4v) is 1.92. The highest BCUT2D eigenvalue weighted by molar-refractivity contribution is 5.88. The van der Waals surface area contributed by atoms with Crippen LogP contribution in [0.4, 0.5) is 5.82 Å². The van der Waals surface area contributed by atoms with Gasteiger partial charge in [-0.05, 0) is 0 Å². The van der Waals surface area contributed by atoms with Gasteiger partial charge in [-0.2, -0.15) is 0 Å². The molecule has 0 bridgehead atoms. The highest BCUT2D eigenvalue weighted by Crippen LogP contribution is 2.19. The van der Waals surface area contributed by atoms with E-state index < -0.39 is 0 Å². The highest BCUT2D eigenvalue weighted by Gasteiger charge is 2.07. The van der Waals surface area contributed by atoms with Crippen molar-refractivity contribution >= 4 is 17.4 Å². The molecule has 19 heavy (non-hydrogen) atoms. The zero-order valence-electron chi connectivity index (χ0n) is 10.4. The van der Waals surface area contributed by atoms with E-state index >= 15 is 0 Å². The highest BCUT2D eigenvalue weighted by atomic mass is 16.1. The fraction of sp³-hybridized carbons (Fsp3) is 0.0714. The van der Waals surface area contributed by atoms with Crippen LogP contribution >= 0.6 is 0 Å². The molecule has 0 aliphatic carbocycles. The van der Waals surface area contributed by atoms with Gasteiger partial charge in [-0.15, -0.1) is 0 Å². The quantitative estimate of drug-likeness (QED) is 0.761. The summed E-state index contributed by atoms with van der Waals surface area (Å²) in [6.07, 6.45) is 5.17. The fourth-order valence-electron chi connectivity index (χ4n) is 1.92. The van der Waals surface area contributed by atoms with Crippen LogP contribution in [-0.2, 0) is 4.79 Å². The maximum Gasteiger partial charge on any atom is 0.222 e. The minimum atomic E-state index is -0.125. The zero-order valence-corrected chi connectivity index (χ0v) is 10.4. The SMILES string of the molecule is CC(=O)Nc1cnc2cnc(-c3ccccc3)cn12. The van der Waals surface area contributed by atoms with E-state index in [4.69, 9.17) is 0 Å². The van der Waals surface area contributed by atoms with E-state index in [0.29, 0.717) is 11.5 Å². The molecule has 0 saturated heterocycles. The van der Waals surface area contributed by atoms with Crippen LogP contribution in [0.15, 0.2) is 48.9 Å². The third-order valence-corrected chi connectivity index (χ3v) is 2.77. The lowest BCUT2D eigenvalue weighted by Gasteiger charge is -2.04. The Bertz CT molecular complexity index is 734. The Hall–Kier alpha value is -2.69. The first-order valence-corrected chi connectivity index (χ1v) is 5.90. The first-order chi connectivity index (χ1) is 9.24. The number of carbonyl (C=O) groups is 1.